The molecular formula is C42H71O9P. The summed E-state index contributed by atoms with van der Waals surface area (Å²) in [6, 6.07) is 0. The first-order chi connectivity index (χ1) is 25.0. The van der Waals surface area contributed by atoms with Crippen LogP contribution in [-0.4, -0.2) is 52.3 Å². The van der Waals surface area contributed by atoms with Gasteiger partial charge in [-0.05, 0) is 50.9 Å². The van der Waals surface area contributed by atoms with Crippen LogP contribution in [0.1, 0.15) is 149 Å². The van der Waals surface area contributed by atoms with E-state index in [9.17, 15) is 19.3 Å². The lowest BCUT2D eigenvalue weighted by Gasteiger charge is -2.18. The second kappa shape index (κ2) is 35.5. The standard InChI is InChI=1S/C42H71O9P/c1-4-5-26-32-39(43)33-28-23-19-15-11-7-6-8-12-16-20-24-29-34-41(44)49-36-40(37-50-52(46,47)48)51-42(45)35-30-25-21-17-13-9-10-14-18-22-27-31-38(2)3/h5,7-8,11-12,19-20,23-24,26,28,33,38-40,43H,4,6,9-10,13-18,21-22,25,27,29-32,34-37H2,1-3H3,(H2,46,47,48)/b11-7-,12-8-,23-19+,24-20-,26-5-,33-28+/t39?,40-/m1/s1. The van der Waals surface area contributed by atoms with Gasteiger partial charge in [0.15, 0.2) is 6.10 Å². The predicted octanol–water partition coefficient (Wildman–Crippen LogP) is 10.7. The first-order valence-electron chi connectivity index (χ1n) is 19.7. The minimum Gasteiger partial charge on any atom is -0.462 e. The first-order valence-corrected chi connectivity index (χ1v) is 21.2. The number of phosphoric ester groups is 1. The Hall–Kier alpha value is -2.55. The fourth-order valence-electron chi connectivity index (χ4n) is 5.08. The van der Waals surface area contributed by atoms with Gasteiger partial charge in [-0.25, -0.2) is 4.57 Å². The van der Waals surface area contributed by atoms with Crippen LogP contribution >= 0.6 is 7.82 Å². The van der Waals surface area contributed by atoms with Crippen LogP contribution in [0.5, 0.6) is 0 Å². The largest absolute Gasteiger partial charge is 0.469 e. The molecule has 0 spiro atoms. The van der Waals surface area contributed by atoms with Gasteiger partial charge in [-0.15, -0.1) is 0 Å². The van der Waals surface area contributed by atoms with Crippen molar-refractivity contribution < 1.29 is 43.0 Å². The van der Waals surface area contributed by atoms with Crippen molar-refractivity contribution in [2.75, 3.05) is 13.2 Å². The number of rotatable bonds is 34. The molecule has 0 aliphatic carbocycles. The summed E-state index contributed by atoms with van der Waals surface area (Å²) >= 11 is 0. The second-order valence-electron chi connectivity index (χ2n) is 13.6. The average molecular weight is 751 g/mol. The van der Waals surface area contributed by atoms with Gasteiger partial charge in [0.1, 0.15) is 6.61 Å². The van der Waals surface area contributed by atoms with Crippen molar-refractivity contribution in [3.05, 3.63) is 72.9 Å². The highest BCUT2D eigenvalue weighted by Crippen LogP contribution is 2.36. The Balaban J connectivity index is 4.13. The number of ether oxygens (including phenoxy) is 2. The molecule has 9 nitrogen and oxygen atoms in total. The quantitative estimate of drug-likeness (QED) is 0.0193. The summed E-state index contributed by atoms with van der Waals surface area (Å²) < 4.78 is 26.2. The van der Waals surface area contributed by atoms with Gasteiger partial charge in [-0.2, -0.15) is 0 Å². The molecule has 0 aliphatic heterocycles. The van der Waals surface area contributed by atoms with Crippen LogP contribution in [0.3, 0.4) is 0 Å². The van der Waals surface area contributed by atoms with Crippen molar-refractivity contribution in [3.63, 3.8) is 0 Å². The summed E-state index contributed by atoms with van der Waals surface area (Å²) in [5, 5.41) is 9.81. The molecular weight excluding hydrogens is 679 g/mol. The van der Waals surface area contributed by atoms with Crippen LogP contribution in [-0.2, 0) is 28.2 Å². The summed E-state index contributed by atoms with van der Waals surface area (Å²) in [5.74, 6) is -0.211. The summed E-state index contributed by atoms with van der Waals surface area (Å²) in [7, 11) is -4.78. The van der Waals surface area contributed by atoms with Crippen LogP contribution in [0, 0.1) is 5.92 Å². The molecule has 0 fully saturated rings. The molecule has 0 rings (SSSR count). The molecule has 0 aromatic carbocycles. The van der Waals surface area contributed by atoms with Gasteiger partial charge in [-0.3, -0.25) is 14.1 Å². The van der Waals surface area contributed by atoms with Crippen LogP contribution in [0.4, 0.5) is 0 Å². The Bertz CT molecular complexity index is 1100. The number of esters is 2. The summed E-state index contributed by atoms with van der Waals surface area (Å²) in [4.78, 5) is 42.7. The highest BCUT2D eigenvalue weighted by atomic mass is 31.2. The number of carbonyl (C=O) groups is 2. The van der Waals surface area contributed by atoms with Gasteiger partial charge in [0.05, 0.1) is 12.7 Å². The third kappa shape index (κ3) is 38.7. The molecule has 0 aromatic heterocycles. The smallest absolute Gasteiger partial charge is 0.462 e. The van der Waals surface area contributed by atoms with Crippen LogP contribution < -0.4 is 0 Å². The maximum atomic E-state index is 12.4. The Morgan fingerprint density at radius 3 is 1.79 bits per heavy atom. The molecule has 0 aliphatic rings. The van der Waals surface area contributed by atoms with Gasteiger partial charge in [-0.1, -0.05) is 164 Å². The van der Waals surface area contributed by atoms with Gasteiger partial charge >= 0.3 is 19.8 Å². The van der Waals surface area contributed by atoms with E-state index < -0.39 is 38.6 Å². The Morgan fingerprint density at radius 2 is 1.21 bits per heavy atom. The predicted molar refractivity (Wildman–Crippen MR) is 213 cm³/mol. The molecule has 2 atom stereocenters. The first kappa shape index (κ1) is 49.5. The van der Waals surface area contributed by atoms with Crippen molar-refractivity contribution in [2.24, 2.45) is 5.92 Å². The number of aliphatic hydroxyl groups excluding tert-OH is 1. The molecule has 0 amide bonds. The third-order valence-electron chi connectivity index (χ3n) is 8.01. The Kier molecular flexibility index (Phi) is 33.7. The lowest BCUT2D eigenvalue weighted by molar-refractivity contribution is -0.161. The lowest BCUT2D eigenvalue weighted by Crippen LogP contribution is -2.29. The zero-order valence-electron chi connectivity index (χ0n) is 32.5. The minimum absolute atomic E-state index is 0.124. The molecule has 0 saturated carbocycles. The van der Waals surface area contributed by atoms with Crippen LogP contribution in [0.15, 0.2) is 72.9 Å². The summed E-state index contributed by atoms with van der Waals surface area (Å²) in [6.45, 7) is 5.71. The van der Waals surface area contributed by atoms with Gasteiger partial charge in [0.25, 0.3) is 0 Å². The van der Waals surface area contributed by atoms with E-state index in [-0.39, 0.29) is 19.4 Å². The monoisotopic (exact) mass is 750 g/mol. The van der Waals surface area contributed by atoms with Crippen molar-refractivity contribution in [1.82, 2.24) is 0 Å². The molecule has 52 heavy (non-hydrogen) atoms. The molecule has 0 aromatic rings. The Morgan fingerprint density at radius 1 is 0.654 bits per heavy atom. The van der Waals surface area contributed by atoms with E-state index in [2.05, 4.69) is 43.5 Å². The van der Waals surface area contributed by atoms with E-state index >= 15 is 0 Å². The number of allylic oxidation sites excluding steroid dienone is 10. The van der Waals surface area contributed by atoms with E-state index in [4.69, 9.17) is 19.3 Å². The third-order valence-corrected chi connectivity index (χ3v) is 8.50. The van der Waals surface area contributed by atoms with Crippen molar-refractivity contribution >= 4 is 19.8 Å². The second-order valence-corrected chi connectivity index (χ2v) is 14.8. The molecule has 1 unspecified atom stereocenters. The fraction of sp³-hybridized carbons (Fsp3) is 0.667. The number of hydrogen-bond acceptors (Lipinski definition) is 7. The highest BCUT2D eigenvalue weighted by molar-refractivity contribution is 7.46. The average Bonchev–Trinajstić information content (AvgIpc) is 3.09. The van der Waals surface area contributed by atoms with Crippen molar-refractivity contribution in [3.8, 4) is 0 Å². The normalized spacial score (nSPS) is 14.0. The number of unbranched alkanes of at least 4 members (excludes halogenated alkanes) is 10. The van der Waals surface area contributed by atoms with Crippen LogP contribution in [0.25, 0.3) is 0 Å². The summed E-state index contributed by atoms with van der Waals surface area (Å²) in [6.07, 6.45) is 41.2. The SMILES string of the molecule is CC/C=C\CC(O)/C=C/C=C/C/C=C\C/C=C\C/C=C\CCC(=O)OC[C@H](COP(=O)(O)O)OC(=O)CCCCCCCCCCCCCC(C)C. The van der Waals surface area contributed by atoms with E-state index in [1.54, 1.807) is 6.08 Å². The molecule has 298 valence electrons. The van der Waals surface area contributed by atoms with Gasteiger partial charge in [0, 0.05) is 12.8 Å². The van der Waals surface area contributed by atoms with Crippen molar-refractivity contribution in [2.45, 2.75) is 161 Å². The zero-order chi connectivity index (χ0) is 38.5. The molecule has 0 bridgehead atoms. The maximum absolute atomic E-state index is 12.4. The highest BCUT2D eigenvalue weighted by Gasteiger charge is 2.22. The van der Waals surface area contributed by atoms with E-state index in [1.165, 1.54) is 51.4 Å². The molecule has 3 N–H and O–H groups in total. The number of carbonyl (C=O) groups excluding carboxylic acids is 2. The van der Waals surface area contributed by atoms with E-state index in [0.29, 0.717) is 19.3 Å². The number of aliphatic hydroxyl groups is 1. The molecule has 0 heterocycles. The fourth-order valence-corrected chi connectivity index (χ4v) is 5.44. The molecule has 0 radical (unpaired) electrons. The van der Waals surface area contributed by atoms with Crippen molar-refractivity contribution in [1.29, 1.82) is 0 Å². The molecule has 10 heteroatoms. The topological polar surface area (TPSA) is 140 Å². The maximum Gasteiger partial charge on any atom is 0.469 e. The zero-order valence-corrected chi connectivity index (χ0v) is 33.3. The van der Waals surface area contributed by atoms with Gasteiger partial charge in [0.2, 0.25) is 0 Å². The Labute approximate surface area is 315 Å². The summed E-state index contributed by atoms with van der Waals surface area (Å²) in [5.41, 5.74) is 0. The van der Waals surface area contributed by atoms with Gasteiger partial charge < -0.3 is 24.4 Å². The number of phosphoric acid groups is 1. The molecule has 0 saturated heterocycles. The lowest BCUT2D eigenvalue weighted by atomic mass is 10.0. The van der Waals surface area contributed by atoms with E-state index in [1.807, 2.05) is 48.6 Å². The number of hydrogen-bond donors (Lipinski definition) is 3. The van der Waals surface area contributed by atoms with Crippen LogP contribution in [0.2, 0.25) is 0 Å². The minimum atomic E-state index is -4.78. The van der Waals surface area contributed by atoms with E-state index in [0.717, 1.165) is 50.9 Å².